The molecule has 0 radical (unpaired) electrons. The Balaban J connectivity index is 1.88. The molecule has 150 valence electrons. The second-order valence-corrected chi connectivity index (χ2v) is 6.27. The van der Waals surface area contributed by atoms with E-state index in [1.807, 2.05) is 25.1 Å². The maximum Gasteiger partial charge on any atom is 0.274 e. The van der Waals surface area contributed by atoms with Crippen molar-refractivity contribution in [3.05, 3.63) is 59.3 Å². The van der Waals surface area contributed by atoms with Gasteiger partial charge in [-0.1, -0.05) is 35.9 Å². The predicted octanol–water partition coefficient (Wildman–Crippen LogP) is 2.81. The molecule has 0 saturated heterocycles. The first kappa shape index (κ1) is 19.9. The summed E-state index contributed by atoms with van der Waals surface area (Å²) < 4.78 is 10.6. The van der Waals surface area contributed by atoms with E-state index >= 15 is 0 Å². The highest BCUT2D eigenvalue weighted by Crippen LogP contribution is 2.31. The second-order valence-electron chi connectivity index (χ2n) is 6.27. The van der Waals surface area contributed by atoms with Crippen molar-refractivity contribution in [3.8, 4) is 34.5 Å². The second kappa shape index (κ2) is 8.47. The lowest BCUT2D eigenvalue weighted by Gasteiger charge is -2.13. The first-order chi connectivity index (χ1) is 13.9. The lowest BCUT2D eigenvalue weighted by molar-refractivity contribution is 0.0941. The summed E-state index contributed by atoms with van der Waals surface area (Å²) in [6.07, 6.45) is 0. The van der Waals surface area contributed by atoms with Crippen molar-refractivity contribution in [2.24, 2.45) is 0 Å². The highest BCUT2D eigenvalue weighted by molar-refractivity contribution is 5.95. The molecule has 0 bridgehead atoms. The summed E-state index contributed by atoms with van der Waals surface area (Å²) >= 11 is 0. The average molecular weight is 395 g/mol. The van der Waals surface area contributed by atoms with Gasteiger partial charge in [-0.2, -0.15) is 4.98 Å². The summed E-state index contributed by atoms with van der Waals surface area (Å²) in [5, 5.41) is 22.7. The molecule has 0 saturated carbocycles. The Morgan fingerprint density at radius 3 is 2.52 bits per heavy atom. The molecule has 0 fully saturated rings. The molecule has 8 heteroatoms. The molecule has 0 aliphatic carbocycles. The van der Waals surface area contributed by atoms with Crippen LogP contribution in [0.1, 0.15) is 21.6 Å². The van der Waals surface area contributed by atoms with Crippen LogP contribution in [0.4, 0.5) is 0 Å². The molecule has 1 amide bonds. The third-order valence-electron chi connectivity index (χ3n) is 4.28. The van der Waals surface area contributed by atoms with E-state index in [0.717, 1.165) is 5.56 Å². The molecule has 3 N–H and O–H groups in total. The van der Waals surface area contributed by atoms with Crippen LogP contribution in [0.3, 0.4) is 0 Å². The van der Waals surface area contributed by atoms with Gasteiger partial charge in [0, 0.05) is 17.7 Å². The third-order valence-corrected chi connectivity index (χ3v) is 4.28. The van der Waals surface area contributed by atoms with Gasteiger partial charge in [-0.3, -0.25) is 4.79 Å². The summed E-state index contributed by atoms with van der Waals surface area (Å²) in [6, 6.07) is 12.6. The van der Waals surface area contributed by atoms with E-state index in [0.29, 0.717) is 22.6 Å². The van der Waals surface area contributed by atoms with Crippen LogP contribution >= 0.6 is 0 Å². The minimum atomic E-state index is -0.684. The average Bonchev–Trinajstić information content (AvgIpc) is 2.73. The number of amides is 1. The van der Waals surface area contributed by atoms with Gasteiger partial charge >= 0.3 is 0 Å². The summed E-state index contributed by atoms with van der Waals surface area (Å²) in [6.45, 7) is 2.00. The molecular weight excluding hydrogens is 374 g/mol. The molecule has 0 spiro atoms. The Morgan fingerprint density at radius 2 is 1.83 bits per heavy atom. The van der Waals surface area contributed by atoms with E-state index in [4.69, 9.17) is 9.47 Å². The SMILES string of the molecule is COc1cccc(CNC(=O)c2nc(-c3cccc(C)c3)nc(O)c2O)c1OC. The van der Waals surface area contributed by atoms with E-state index in [2.05, 4.69) is 15.3 Å². The molecule has 0 aliphatic heterocycles. The van der Waals surface area contributed by atoms with Crippen molar-refractivity contribution in [1.82, 2.24) is 15.3 Å². The number of para-hydroxylation sites is 1. The van der Waals surface area contributed by atoms with Crippen molar-refractivity contribution in [1.29, 1.82) is 0 Å². The molecule has 3 rings (SSSR count). The minimum Gasteiger partial charge on any atom is -0.501 e. The molecule has 8 nitrogen and oxygen atoms in total. The zero-order valence-corrected chi connectivity index (χ0v) is 16.3. The number of rotatable bonds is 6. The van der Waals surface area contributed by atoms with Gasteiger partial charge in [0.15, 0.2) is 23.0 Å². The van der Waals surface area contributed by atoms with Crippen molar-refractivity contribution in [3.63, 3.8) is 0 Å². The zero-order valence-electron chi connectivity index (χ0n) is 16.3. The van der Waals surface area contributed by atoms with Crippen LogP contribution in [0.15, 0.2) is 42.5 Å². The maximum absolute atomic E-state index is 12.7. The molecule has 29 heavy (non-hydrogen) atoms. The van der Waals surface area contributed by atoms with E-state index in [9.17, 15) is 15.0 Å². The highest BCUT2D eigenvalue weighted by Gasteiger charge is 2.21. The Hall–Kier alpha value is -3.81. The number of nitrogens with one attached hydrogen (secondary N) is 1. The van der Waals surface area contributed by atoms with Crippen LogP contribution in [0, 0.1) is 6.92 Å². The summed E-state index contributed by atoms with van der Waals surface area (Å²) in [4.78, 5) is 20.7. The van der Waals surface area contributed by atoms with Crippen molar-refractivity contribution in [2.45, 2.75) is 13.5 Å². The molecule has 3 aromatic rings. The van der Waals surface area contributed by atoms with E-state index in [-0.39, 0.29) is 18.1 Å². The van der Waals surface area contributed by atoms with Crippen LogP contribution in [-0.2, 0) is 6.54 Å². The minimum absolute atomic E-state index is 0.100. The van der Waals surface area contributed by atoms with Gasteiger partial charge in [-0.15, -0.1) is 0 Å². The number of aromatic hydroxyl groups is 2. The zero-order chi connectivity index (χ0) is 21.0. The fourth-order valence-electron chi connectivity index (χ4n) is 2.87. The molecule has 1 heterocycles. The molecule has 0 unspecified atom stereocenters. The van der Waals surface area contributed by atoms with Gasteiger partial charge in [-0.25, -0.2) is 4.98 Å². The van der Waals surface area contributed by atoms with E-state index < -0.39 is 17.5 Å². The Kier molecular flexibility index (Phi) is 5.82. The number of carbonyl (C=O) groups excluding carboxylic acids is 1. The number of carbonyl (C=O) groups is 1. The van der Waals surface area contributed by atoms with Gasteiger partial charge in [0.05, 0.1) is 14.2 Å². The Morgan fingerprint density at radius 1 is 1.07 bits per heavy atom. The fourth-order valence-corrected chi connectivity index (χ4v) is 2.87. The van der Waals surface area contributed by atoms with E-state index in [1.54, 1.807) is 24.3 Å². The van der Waals surface area contributed by atoms with Crippen LogP contribution in [0.5, 0.6) is 23.1 Å². The van der Waals surface area contributed by atoms with Crippen molar-refractivity contribution in [2.75, 3.05) is 14.2 Å². The number of aromatic nitrogens is 2. The smallest absolute Gasteiger partial charge is 0.274 e. The molecule has 0 atom stereocenters. The van der Waals surface area contributed by atoms with Gasteiger partial charge in [0.1, 0.15) is 0 Å². The standard InChI is InChI=1S/C21H21N3O5/c1-12-6-4-7-13(10-12)19-23-16(17(25)21(27)24-19)20(26)22-11-14-8-5-9-15(28-2)18(14)29-3/h4-10,25H,11H2,1-3H3,(H,22,26)(H,23,24,27). The number of benzene rings is 2. The number of hydrogen-bond donors (Lipinski definition) is 3. The Labute approximate surface area is 167 Å². The van der Waals surface area contributed by atoms with Crippen LogP contribution in [0.25, 0.3) is 11.4 Å². The predicted molar refractivity (Wildman–Crippen MR) is 106 cm³/mol. The molecule has 2 aromatic carbocycles. The van der Waals surface area contributed by atoms with Gasteiger partial charge in [0.25, 0.3) is 11.8 Å². The fraction of sp³-hybridized carbons (Fsp3) is 0.190. The topological polar surface area (TPSA) is 114 Å². The van der Waals surface area contributed by atoms with Crippen LogP contribution in [0.2, 0.25) is 0 Å². The van der Waals surface area contributed by atoms with Gasteiger partial charge < -0.3 is 25.0 Å². The lowest BCUT2D eigenvalue weighted by atomic mass is 10.1. The summed E-state index contributed by atoms with van der Waals surface area (Å²) in [7, 11) is 3.03. The number of hydrogen-bond acceptors (Lipinski definition) is 7. The lowest BCUT2D eigenvalue weighted by Crippen LogP contribution is -2.24. The third kappa shape index (κ3) is 4.21. The maximum atomic E-state index is 12.7. The molecule has 1 aromatic heterocycles. The van der Waals surface area contributed by atoms with Gasteiger partial charge in [-0.05, 0) is 19.1 Å². The quantitative estimate of drug-likeness (QED) is 0.588. The summed E-state index contributed by atoms with van der Waals surface area (Å²) in [5.41, 5.74) is 1.94. The highest BCUT2D eigenvalue weighted by atomic mass is 16.5. The normalized spacial score (nSPS) is 10.4. The number of aryl methyl sites for hydroxylation is 1. The monoisotopic (exact) mass is 395 g/mol. The van der Waals surface area contributed by atoms with Crippen LogP contribution < -0.4 is 14.8 Å². The number of nitrogens with zero attached hydrogens (tertiary/aromatic N) is 2. The summed E-state index contributed by atoms with van der Waals surface area (Å²) in [5.74, 6) is -0.863. The Bertz CT molecular complexity index is 1050. The number of ether oxygens (including phenoxy) is 2. The molecular formula is C21H21N3O5. The largest absolute Gasteiger partial charge is 0.501 e. The van der Waals surface area contributed by atoms with Crippen LogP contribution in [-0.4, -0.2) is 40.3 Å². The first-order valence-electron chi connectivity index (χ1n) is 8.79. The van der Waals surface area contributed by atoms with Crippen molar-refractivity contribution >= 4 is 5.91 Å². The van der Waals surface area contributed by atoms with E-state index in [1.165, 1.54) is 14.2 Å². The van der Waals surface area contributed by atoms with Crippen molar-refractivity contribution < 1.29 is 24.5 Å². The number of methoxy groups -OCH3 is 2. The van der Waals surface area contributed by atoms with Gasteiger partial charge in [0.2, 0.25) is 5.75 Å². The molecule has 0 aliphatic rings. The first-order valence-corrected chi connectivity index (χ1v) is 8.79.